The predicted octanol–water partition coefficient (Wildman–Crippen LogP) is 0.736. The Kier molecular flexibility index (Phi) is 3.66. The molecule has 0 aromatic carbocycles. The van der Waals surface area contributed by atoms with Crippen LogP contribution in [0.2, 0.25) is 0 Å². The lowest BCUT2D eigenvalue weighted by molar-refractivity contribution is -0.132. The molecule has 1 rings (SSSR count). The second-order valence-electron chi connectivity index (χ2n) is 3.76. The van der Waals surface area contributed by atoms with E-state index in [1.165, 1.54) is 0 Å². The average Bonchev–Trinajstić information content (AvgIpc) is 2.51. The van der Waals surface area contributed by atoms with Crippen LogP contribution in [-0.2, 0) is 9.53 Å². The van der Waals surface area contributed by atoms with Crippen molar-refractivity contribution in [1.29, 1.82) is 0 Å². The zero-order valence-corrected chi connectivity index (χ0v) is 8.69. The first-order valence-electron chi connectivity index (χ1n) is 4.75. The van der Waals surface area contributed by atoms with E-state index in [4.69, 9.17) is 9.84 Å². The molecule has 14 heavy (non-hydrogen) atoms. The maximum Gasteiger partial charge on any atom is 0.332 e. The van der Waals surface area contributed by atoms with Gasteiger partial charge in [-0.15, -0.1) is 0 Å². The topological polar surface area (TPSA) is 49.8 Å². The Labute approximate surface area is 84.2 Å². The van der Waals surface area contributed by atoms with Crippen LogP contribution in [0.25, 0.3) is 0 Å². The molecule has 0 spiro atoms. The van der Waals surface area contributed by atoms with Crippen molar-refractivity contribution in [1.82, 2.24) is 4.90 Å². The van der Waals surface area contributed by atoms with Crippen molar-refractivity contribution in [2.24, 2.45) is 0 Å². The molecule has 1 aliphatic heterocycles. The SMILES string of the molecule is C=C(CN(C)C1CCOC1C)C(=O)O. The Balaban J connectivity index is 2.45. The molecule has 4 nitrogen and oxygen atoms in total. The van der Waals surface area contributed by atoms with Gasteiger partial charge >= 0.3 is 5.97 Å². The molecule has 1 heterocycles. The lowest BCUT2D eigenvalue weighted by Crippen LogP contribution is -2.38. The molecule has 1 fully saturated rings. The third-order valence-corrected chi connectivity index (χ3v) is 2.65. The fourth-order valence-electron chi connectivity index (χ4n) is 1.79. The highest BCUT2D eigenvalue weighted by Crippen LogP contribution is 2.18. The van der Waals surface area contributed by atoms with E-state index in [1.54, 1.807) is 0 Å². The molecule has 0 aromatic rings. The molecule has 0 aromatic heterocycles. The van der Waals surface area contributed by atoms with Crippen LogP contribution in [0.3, 0.4) is 0 Å². The molecular formula is C10H17NO3. The van der Waals surface area contributed by atoms with E-state index >= 15 is 0 Å². The summed E-state index contributed by atoms with van der Waals surface area (Å²) >= 11 is 0. The molecule has 1 aliphatic rings. The Morgan fingerprint density at radius 2 is 2.36 bits per heavy atom. The van der Waals surface area contributed by atoms with Gasteiger partial charge in [0.15, 0.2) is 0 Å². The summed E-state index contributed by atoms with van der Waals surface area (Å²) in [4.78, 5) is 12.6. The minimum atomic E-state index is -0.927. The van der Waals surface area contributed by atoms with Crippen molar-refractivity contribution in [3.8, 4) is 0 Å². The van der Waals surface area contributed by atoms with Gasteiger partial charge in [-0.05, 0) is 20.4 Å². The summed E-state index contributed by atoms with van der Waals surface area (Å²) in [5.41, 5.74) is 0.228. The molecule has 2 atom stereocenters. The fraction of sp³-hybridized carbons (Fsp3) is 0.700. The Morgan fingerprint density at radius 1 is 1.71 bits per heavy atom. The largest absolute Gasteiger partial charge is 0.478 e. The van der Waals surface area contributed by atoms with E-state index in [-0.39, 0.29) is 11.7 Å². The number of ether oxygens (including phenoxy) is 1. The number of hydrogen-bond donors (Lipinski definition) is 1. The van der Waals surface area contributed by atoms with Crippen LogP contribution in [0, 0.1) is 0 Å². The van der Waals surface area contributed by atoms with Crippen LogP contribution >= 0.6 is 0 Å². The molecule has 0 saturated carbocycles. The lowest BCUT2D eigenvalue weighted by Gasteiger charge is -2.26. The summed E-state index contributed by atoms with van der Waals surface area (Å²) in [7, 11) is 1.91. The Hall–Kier alpha value is -0.870. The lowest BCUT2D eigenvalue weighted by atomic mass is 10.1. The van der Waals surface area contributed by atoms with Crippen LogP contribution < -0.4 is 0 Å². The number of aliphatic carboxylic acids is 1. The van der Waals surface area contributed by atoms with Crippen molar-refractivity contribution in [3.05, 3.63) is 12.2 Å². The molecule has 80 valence electrons. The zero-order valence-electron chi connectivity index (χ0n) is 8.69. The molecule has 1 saturated heterocycles. The highest BCUT2D eigenvalue weighted by atomic mass is 16.5. The van der Waals surface area contributed by atoms with E-state index in [1.807, 2.05) is 18.9 Å². The number of carboxylic acids is 1. The van der Waals surface area contributed by atoms with Crippen molar-refractivity contribution in [2.45, 2.75) is 25.5 Å². The van der Waals surface area contributed by atoms with Gasteiger partial charge in [0.1, 0.15) is 0 Å². The number of rotatable bonds is 4. The van der Waals surface area contributed by atoms with E-state index in [0.29, 0.717) is 12.6 Å². The van der Waals surface area contributed by atoms with Gasteiger partial charge < -0.3 is 9.84 Å². The molecular weight excluding hydrogens is 182 g/mol. The van der Waals surface area contributed by atoms with Gasteiger partial charge in [-0.25, -0.2) is 4.79 Å². The second kappa shape index (κ2) is 4.57. The molecule has 4 heteroatoms. The first-order valence-corrected chi connectivity index (χ1v) is 4.75. The first kappa shape index (κ1) is 11.2. The summed E-state index contributed by atoms with van der Waals surface area (Å²) in [6, 6.07) is 0.311. The standard InChI is InChI=1S/C10H17NO3/c1-7(10(12)13)6-11(3)9-4-5-14-8(9)2/h8-9H,1,4-6H2,2-3H3,(H,12,13). The Morgan fingerprint density at radius 3 is 2.79 bits per heavy atom. The second-order valence-corrected chi connectivity index (χ2v) is 3.76. The van der Waals surface area contributed by atoms with Gasteiger partial charge in [0.2, 0.25) is 0 Å². The Bertz CT molecular complexity index is 240. The van der Waals surface area contributed by atoms with Crippen LogP contribution in [0.4, 0.5) is 0 Å². The molecule has 0 bridgehead atoms. The van der Waals surface area contributed by atoms with Gasteiger partial charge in [0.25, 0.3) is 0 Å². The van der Waals surface area contributed by atoms with Crippen LogP contribution in [0.5, 0.6) is 0 Å². The number of carboxylic acid groups (broad SMARTS) is 1. The summed E-state index contributed by atoms with van der Waals surface area (Å²) < 4.78 is 5.41. The average molecular weight is 199 g/mol. The summed E-state index contributed by atoms with van der Waals surface area (Å²) in [5.74, 6) is -0.927. The van der Waals surface area contributed by atoms with E-state index < -0.39 is 5.97 Å². The molecule has 0 amide bonds. The third-order valence-electron chi connectivity index (χ3n) is 2.65. The molecule has 0 radical (unpaired) electrons. The molecule has 2 unspecified atom stereocenters. The van der Waals surface area contributed by atoms with Crippen LogP contribution in [-0.4, -0.2) is 48.3 Å². The van der Waals surface area contributed by atoms with Crippen molar-refractivity contribution in [2.75, 3.05) is 20.2 Å². The van der Waals surface area contributed by atoms with Gasteiger partial charge in [-0.3, -0.25) is 4.90 Å². The normalized spacial score (nSPS) is 26.8. The van der Waals surface area contributed by atoms with Crippen molar-refractivity contribution < 1.29 is 14.6 Å². The van der Waals surface area contributed by atoms with Crippen LogP contribution in [0.15, 0.2) is 12.2 Å². The zero-order chi connectivity index (χ0) is 10.7. The van der Waals surface area contributed by atoms with E-state index in [0.717, 1.165) is 13.0 Å². The highest BCUT2D eigenvalue weighted by molar-refractivity contribution is 5.86. The number of carbonyl (C=O) groups is 1. The van der Waals surface area contributed by atoms with E-state index in [2.05, 4.69) is 6.58 Å². The fourth-order valence-corrected chi connectivity index (χ4v) is 1.79. The van der Waals surface area contributed by atoms with Crippen molar-refractivity contribution in [3.63, 3.8) is 0 Å². The van der Waals surface area contributed by atoms with E-state index in [9.17, 15) is 4.79 Å². The van der Waals surface area contributed by atoms with Crippen molar-refractivity contribution >= 4 is 5.97 Å². The molecule has 0 aliphatic carbocycles. The van der Waals surface area contributed by atoms with Crippen LogP contribution in [0.1, 0.15) is 13.3 Å². The smallest absolute Gasteiger partial charge is 0.332 e. The predicted molar refractivity (Wildman–Crippen MR) is 53.2 cm³/mol. The van der Waals surface area contributed by atoms with Gasteiger partial charge in [-0.2, -0.15) is 0 Å². The summed E-state index contributed by atoms with van der Waals surface area (Å²) in [6.07, 6.45) is 1.14. The minimum absolute atomic E-state index is 0.182. The van der Waals surface area contributed by atoms with Gasteiger partial charge in [-0.1, -0.05) is 6.58 Å². The third kappa shape index (κ3) is 2.56. The first-order chi connectivity index (χ1) is 6.52. The summed E-state index contributed by atoms with van der Waals surface area (Å²) in [5, 5.41) is 8.68. The number of hydrogen-bond acceptors (Lipinski definition) is 3. The number of nitrogens with zero attached hydrogens (tertiary/aromatic N) is 1. The number of likely N-dealkylation sites (N-methyl/N-ethyl adjacent to an activating group) is 1. The van der Waals surface area contributed by atoms with Gasteiger partial charge in [0.05, 0.1) is 6.10 Å². The molecule has 1 N–H and O–H groups in total. The monoisotopic (exact) mass is 199 g/mol. The maximum absolute atomic E-state index is 10.6. The quantitative estimate of drug-likeness (QED) is 0.678. The highest BCUT2D eigenvalue weighted by Gasteiger charge is 2.28. The minimum Gasteiger partial charge on any atom is -0.478 e. The summed E-state index contributed by atoms with van der Waals surface area (Å²) in [6.45, 7) is 6.68. The maximum atomic E-state index is 10.6. The van der Waals surface area contributed by atoms with Gasteiger partial charge in [0, 0.05) is 24.8 Å².